The molecule has 146 valence electrons. The second kappa shape index (κ2) is 8.20. The third-order valence-electron chi connectivity index (χ3n) is 4.12. The quantitative estimate of drug-likeness (QED) is 0.567. The van der Waals surface area contributed by atoms with Gasteiger partial charge in [0.1, 0.15) is 5.01 Å². The minimum absolute atomic E-state index is 0.0437. The van der Waals surface area contributed by atoms with Crippen LogP contribution in [0.5, 0.6) is 0 Å². The van der Waals surface area contributed by atoms with Crippen molar-refractivity contribution in [1.82, 2.24) is 9.71 Å². The van der Waals surface area contributed by atoms with Gasteiger partial charge in [-0.05, 0) is 43.2 Å². The third kappa shape index (κ3) is 4.91. The number of thioether (sulfide) groups is 1. The van der Waals surface area contributed by atoms with Crippen molar-refractivity contribution >= 4 is 54.9 Å². The van der Waals surface area contributed by atoms with Gasteiger partial charge >= 0.3 is 0 Å². The first-order valence-electron chi connectivity index (χ1n) is 8.84. The molecule has 1 saturated carbocycles. The summed E-state index contributed by atoms with van der Waals surface area (Å²) in [5.74, 6) is 0.760. The van der Waals surface area contributed by atoms with Crippen LogP contribution in [0.2, 0.25) is 0 Å². The van der Waals surface area contributed by atoms with E-state index in [1.54, 1.807) is 23.5 Å². The number of nitrogens with one attached hydrogen (secondary N) is 2. The lowest BCUT2D eigenvalue weighted by Gasteiger charge is -2.09. The summed E-state index contributed by atoms with van der Waals surface area (Å²) in [6.45, 7) is 0. The van der Waals surface area contributed by atoms with Gasteiger partial charge in [-0.1, -0.05) is 18.2 Å². The molecule has 1 aromatic heterocycles. The molecule has 0 radical (unpaired) electrons. The Balaban J connectivity index is 1.31. The number of thiazole rings is 1. The van der Waals surface area contributed by atoms with Gasteiger partial charge in [-0.15, -0.1) is 23.1 Å². The van der Waals surface area contributed by atoms with Crippen molar-refractivity contribution in [2.24, 2.45) is 0 Å². The molecule has 0 atom stereocenters. The molecule has 0 spiro atoms. The van der Waals surface area contributed by atoms with Gasteiger partial charge in [0, 0.05) is 17.5 Å². The van der Waals surface area contributed by atoms with E-state index in [-0.39, 0.29) is 22.6 Å². The summed E-state index contributed by atoms with van der Waals surface area (Å²) in [5.41, 5.74) is 1.45. The number of nitrogens with zero attached hydrogens (tertiary/aromatic N) is 1. The van der Waals surface area contributed by atoms with E-state index in [9.17, 15) is 13.2 Å². The predicted octanol–water partition coefficient (Wildman–Crippen LogP) is 3.61. The Morgan fingerprint density at radius 2 is 2.00 bits per heavy atom. The minimum atomic E-state index is -3.53. The number of hydrogen-bond donors (Lipinski definition) is 2. The highest BCUT2D eigenvalue weighted by Crippen LogP contribution is 2.25. The first-order chi connectivity index (χ1) is 13.5. The van der Waals surface area contributed by atoms with Crippen molar-refractivity contribution < 1.29 is 13.2 Å². The molecule has 2 N–H and O–H groups in total. The number of aromatic nitrogens is 1. The Morgan fingerprint density at radius 1 is 1.18 bits per heavy atom. The summed E-state index contributed by atoms with van der Waals surface area (Å²) < 4.78 is 28.4. The molecule has 0 bridgehead atoms. The SMILES string of the molecule is O=C(CSCc1nc2ccccc2s1)Nc1cccc(S(=O)(=O)NC2CC2)c1. The van der Waals surface area contributed by atoms with E-state index in [1.165, 1.54) is 23.9 Å². The molecule has 28 heavy (non-hydrogen) atoms. The average Bonchev–Trinajstić information content (AvgIpc) is 3.37. The average molecular weight is 434 g/mol. The standard InChI is InChI=1S/C19H19N3O3S3/c23-18(11-26-12-19-21-16-6-1-2-7-17(16)27-19)20-14-4-3-5-15(10-14)28(24,25)22-13-8-9-13/h1-7,10,13,22H,8-9,11-12H2,(H,20,23). The van der Waals surface area contributed by atoms with Crippen LogP contribution in [0.3, 0.4) is 0 Å². The van der Waals surface area contributed by atoms with Crippen molar-refractivity contribution in [2.75, 3.05) is 11.1 Å². The highest BCUT2D eigenvalue weighted by Gasteiger charge is 2.28. The van der Waals surface area contributed by atoms with Crippen LogP contribution in [-0.2, 0) is 20.6 Å². The van der Waals surface area contributed by atoms with Crippen molar-refractivity contribution in [3.8, 4) is 0 Å². The van der Waals surface area contributed by atoms with Crippen molar-refractivity contribution in [1.29, 1.82) is 0 Å². The van der Waals surface area contributed by atoms with Crippen LogP contribution in [0.25, 0.3) is 10.2 Å². The van der Waals surface area contributed by atoms with E-state index in [2.05, 4.69) is 15.0 Å². The van der Waals surface area contributed by atoms with Crippen LogP contribution in [0.4, 0.5) is 5.69 Å². The largest absolute Gasteiger partial charge is 0.325 e. The molecule has 3 aromatic rings. The molecule has 1 aliphatic carbocycles. The van der Waals surface area contributed by atoms with E-state index < -0.39 is 10.0 Å². The van der Waals surface area contributed by atoms with E-state index in [0.717, 1.165) is 28.1 Å². The number of fused-ring (bicyclic) bond motifs is 1. The number of carbonyl (C=O) groups excluding carboxylic acids is 1. The van der Waals surface area contributed by atoms with Gasteiger partial charge < -0.3 is 5.32 Å². The lowest BCUT2D eigenvalue weighted by molar-refractivity contribution is -0.113. The molecule has 1 heterocycles. The highest BCUT2D eigenvalue weighted by atomic mass is 32.2. The molecular weight excluding hydrogens is 414 g/mol. The Morgan fingerprint density at radius 3 is 2.79 bits per heavy atom. The fourth-order valence-electron chi connectivity index (χ4n) is 2.64. The number of hydrogen-bond acceptors (Lipinski definition) is 6. The van der Waals surface area contributed by atoms with Gasteiger partial charge in [0.05, 0.1) is 20.9 Å². The first kappa shape index (κ1) is 19.4. The first-order valence-corrected chi connectivity index (χ1v) is 12.3. The molecule has 0 aliphatic heterocycles. The van der Waals surface area contributed by atoms with Crippen LogP contribution in [0.1, 0.15) is 17.8 Å². The van der Waals surface area contributed by atoms with E-state index >= 15 is 0 Å². The third-order valence-corrected chi connectivity index (χ3v) is 7.81. The fourth-order valence-corrected chi connectivity index (χ4v) is 5.84. The number of para-hydroxylation sites is 1. The number of benzene rings is 2. The smallest absolute Gasteiger partial charge is 0.240 e. The lowest BCUT2D eigenvalue weighted by atomic mass is 10.3. The lowest BCUT2D eigenvalue weighted by Crippen LogP contribution is -2.25. The predicted molar refractivity (Wildman–Crippen MR) is 114 cm³/mol. The van der Waals surface area contributed by atoms with Crippen molar-refractivity contribution in [2.45, 2.75) is 29.5 Å². The van der Waals surface area contributed by atoms with Crippen molar-refractivity contribution in [3.63, 3.8) is 0 Å². The minimum Gasteiger partial charge on any atom is -0.325 e. The maximum Gasteiger partial charge on any atom is 0.240 e. The maximum absolute atomic E-state index is 12.3. The summed E-state index contributed by atoms with van der Waals surface area (Å²) >= 11 is 3.11. The molecule has 6 nitrogen and oxygen atoms in total. The number of sulfonamides is 1. The molecule has 1 aliphatic rings. The summed E-state index contributed by atoms with van der Waals surface area (Å²) in [5, 5.41) is 3.75. The summed E-state index contributed by atoms with van der Waals surface area (Å²) in [7, 11) is -3.53. The summed E-state index contributed by atoms with van der Waals surface area (Å²) in [4.78, 5) is 16.9. The van der Waals surface area contributed by atoms with Gasteiger partial charge in [0.25, 0.3) is 0 Å². The zero-order valence-corrected chi connectivity index (χ0v) is 17.4. The number of amides is 1. The van der Waals surface area contributed by atoms with Gasteiger partial charge in [0.15, 0.2) is 0 Å². The van der Waals surface area contributed by atoms with Crippen LogP contribution in [0.15, 0.2) is 53.4 Å². The molecule has 0 unspecified atom stereocenters. The fraction of sp³-hybridized carbons (Fsp3) is 0.263. The molecule has 2 aromatic carbocycles. The maximum atomic E-state index is 12.3. The number of rotatable bonds is 8. The zero-order chi connectivity index (χ0) is 19.6. The summed E-state index contributed by atoms with van der Waals surface area (Å²) in [6.07, 6.45) is 1.75. The second-order valence-corrected chi connectivity index (χ2v) is 10.4. The van der Waals surface area contributed by atoms with E-state index in [4.69, 9.17) is 0 Å². The number of anilines is 1. The van der Waals surface area contributed by atoms with Crippen molar-refractivity contribution in [3.05, 3.63) is 53.5 Å². The van der Waals surface area contributed by atoms with Gasteiger partial charge in [0.2, 0.25) is 15.9 Å². The Hall–Kier alpha value is -1.94. The van der Waals surface area contributed by atoms with Gasteiger partial charge in [-0.3, -0.25) is 4.79 Å². The van der Waals surface area contributed by atoms with E-state index in [0.29, 0.717) is 11.4 Å². The molecule has 1 amide bonds. The highest BCUT2D eigenvalue weighted by molar-refractivity contribution is 7.99. The number of carbonyl (C=O) groups is 1. The molecular formula is C19H19N3O3S3. The Bertz CT molecular complexity index is 1070. The van der Waals surface area contributed by atoms with Crippen LogP contribution in [-0.4, -0.2) is 31.1 Å². The molecule has 4 rings (SSSR count). The van der Waals surface area contributed by atoms with Gasteiger partial charge in [-0.25, -0.2) is 18.1 Å². The Labute approximate surface area is 171 Å². The van der Waals surface area contributed by atoms with Crippen LogP contribution >= 0.6 is 23.1 Å². The molecule has 1 fully saturated rings. The van der Waals surface area contributed by atoms with Crippen LogP contribution in [0, 0.1) is 0 Å². The van der Waals surface area contributed by atoms with Crippen LogP contribution < -0.4 is 10.0 Å². The zero-order valence-electron chi connectivity index (χ0n) is 14.9. The van der Waals surface area contributed by atoms with Gasteiger partial charge in [-0.2, -0.15) is 0 Å². The molecule has 9 heteroatoms. The monoisotopic (exact) mass is 433 g/mol. The van der Waals surface area contributed by atoms with E-state index in [1.807, 2.05) is 24.3 Å². The summed E-state index contributed by atoms with van der Waals surface area (Å²) in [6, 6.07) is 14.3. The topological polar surface area (TPSA) is 88.2 Å². The normalized spacial score (nSPS) is 14.3. The second-order valence-electron chi connectivity index (χ2n) is 6.54. The Kier molecular flexibility index (Phi) is 5.68. The molecule has 0 saturated heterocycles.